The zero-order valence-corrected chi connectivity index (χ0v) is 9.48. The van der Waals surface area contributed by atoms with Gasteiger partial charge in [0.25, 0.3) is 15.5 Å². The Bertz CT molecular complexity index is 566. The fourth-order valence-corrected chi connectivity index (χ4v) is 2.27. The van der Waals surface area contributed by atoms with E-state index in [1.54, 1.807) is 0 Å². The lowest BCUT2D eigenvalue weighted by Gasteiger charge is -2.08. The van der Waals surface area contributed by atoms with Crippen LogP contribution in [0.2, 0.25) is 0 Å². The molecule has 8 heteroatoms. The van der Waals surface area contributed by atoms with Crippen LogP contribution in [-0.4, -0.2) is 13.4 Å². The van der Waals surface area contributed by atoms with E-state index < -0.39 is 31.8 Å². The maximum atomic E-state index is 12.5. The lowest BCUT2D eigenvalue weighted by atomic mass is 10.1. The molecule has 1 rings (SSSR count). The molecule has 0 aromatic carbocycles. The van der Waals surface area contributed by atoms with E-state index in [0.29, 0.717) is 0 Å². The highest BCUT2D eigenvalue weighted by Crippen LogP contribution is 2.28. The van der Waals surface area contributed by atoms with Crippen molar-refractivity contribution in [2.75, 3.05) is 0 Å². The molecule has 0 unspecified atom stereocenters. The van der Waals surface area contributed by atoms with Crippen LogP contribution in [0.1, 0.15) is 23.2 Å². The number of nitrogens with zero attached hydrogens (tertiary/aromatic N) is 2. The van der Waals surface area contributed by atoms with Gasteiger partial charge in [0, 0.05) is 16.2 Å². The highest BCUT2D eigenvalue weighted by molar-refractivity contribution is 8.13. The van der Waals surface area contributed by atoms with Crippen LogP contribution in [0.4, 0.5) is 8.78 Å². The van der Waals surface area contributed by atoms with Crippen LogP contribution < -0.4 is 0 Å². The minimum Gasteiger partial charge on any atom is -0.224 e. The fourth-order valence-electron chi connectivity index (χ4n) is 1.13. The van der Waals surface area contributed by atoms with Crippen LogP contribution in [0.25, 0.3) is 0 Å². The smallest absolute Gasteiger partial charge is 0.224 e. The van der Waals surface area contributed by atoms with Gasteiger partial charge in [-0.2, -0.15) is 5.26 Å². The average molecular weight is 267 g/mol. The molecule has 0 saturated carbocycles. The lowest BCUT2D eigenvalue weighted by molar-refractivity contribution is 0.150. The molecule has 16 heavy (non-hydrogen) atoms. The third-order valence-electron chi connectivity index (χ3n) is 1.85. The van der Waals surface area contributed by atoms with Gasteiger partial charge in [-0.25, -0.2) is 22.2 Å². The summed E-state index contributed by atoms with van der Waals surface area (Å²) in [5, 5.41) is 7.82. The molecular weight excluding hydrogens is 262 g/mol. The van der Waals surface area contributed by atoms with E-state index in [4.69, 9.17) is 15.9 Å². The summed E-state index contributed by atoms with van der Waals surface area (Å²) in [5.74, 6) is 0. The molecule has 0 aliphatic carbocycles. The Hall–Kier alpha value is -1.26. The predicted molar refractivity (Wildman–Crippen MR) is 51.7 cm³/mol. The Labute approximate surface area is 94.9 Å². The van der Waals surface area contributed by atoms with Crippen molar-refractivity contribution in [1.29, 1.82) is 5.26 Å². The van der Waals surface area contributed by atoms with Gasteiger partial charge in [-0.3, -0.25) is 0 Å². The minimum atomic E-state index is -4.25. The molecule has 1 aromatic heterocycles. The summed E-state index contributed by atoms with van der Waals surface area (Å²) in [7, 11) is 0.779. The molecule has 0 N–H and O–H groups in total. The normalized spacial score (nSPS) is 11.5. The van der Waals surface area contributed by atoms with Crippen molar-refractivity contribution in [3.8, 4) is 6.07 Å². The fraction of sp³-hybridized carbons (Fsp3) is 0.250. The summed E-state index contributed by atoms with van der Waals surface area (Å²) in [5.41, 5.74) is -1.23. The van der Waals surface area contributed by atoms with E-state index in [2.05, 4.69) is 4.98 Å². The van der Waals surface area contributed by atoms with Crippen molar-refractivity contribution in [3.05, 3.63) is 22.9 Å². The van der Waals surface area contributed by atoms with Crippen LogP contribution in [0.15, 0.2) is 11.1 Å². The van der Waals surface area contributed by atoms with Crippen LogP contribution in [0.3, 0.4) is 0 Å². The number of halogens is 3. The van der Waals surface area contributed by atoms with E-state index in [9.17, 15) is 17.2 Å². The van der Waals surface area contributed by atoms with Gasteiger partial charge < -0.3 is 0 Å². The molecule has 0 bridgehead atoms. The molecule has 0 spiro atoms. The van der Waals surface area contributed by atoms with Crippen LogP contribution in [-0.2, 0) is 9.05 Å². The lowest BCUT2D eigenvalue weighted by Crippen LogP contribution is -2.05. The van der Waals surface area contributed by atoms with Gasteiger partial charge >= 0.3 is 0 Å². The highest BCUT2D eigenvalue weighted by Gasteiger charge is 2.23. The zero-order valence-electron chi connectivity index (χ0n) is 7.91. The number of hydrogen-bond donors (Lipinski definition) is 0. The number of aromatic nitrogens is 1. The van der Waals surface area contributed by atoms with E-state index in [0.717, 1.165) is 13.0 Å². The summed E-state index contributed by atoms with van der Waals surface area (Å²) in [6.07, 6.45) is -2.90. The molecule has 1 heterocycles. The van der Waals surface area contributed by atoms with E-state index in [1.807, 2.05) is 0 Å². The molecule has 86 valence electrons. The predicted octanol–water partition coefficient (Wildman–Crippen LogP) is 2.13. The summed E-state index contributed by atoms with van der Waals surface area (Å²) >= 11 is 0. The maximum absolute atomic E-state index is 12.5. The van der Waals surface area contributed by atoms with Crippen molar-refractivity contribution in [1.82, 2.24) is 4.98 Å². The van der Waals surface area contributed by atoms with Crippen LogP contribution >= 0.6 is 10.7 Å². The highest BCUT2D eigenvalue weighted by atomic mass is 35.7. The molecule has 0 aliphatic heterocycles. The topological polar surface area (TPSA) is 70.8 Å². The first kappa shape index (κ1) is 12.8. The molecular formula is C8H5ClF2N2O2S. The molecule has 1 aromatic rings. The maximum Gasteiger partial charge on any atom is 0.278 e. The standard InChI is InChI=1S/C8H5ClF2N2O2S/c1-4-6(7(10)11)2-5(3-12)13-8(4)16(9,14)15/h2,7H,1H3. The van der Waals surface area contributed by atoms with Crippen LogP contribution in [0, 0.1) is 18.3 Å². The molecule has 0 radical (unpaired) electrons. The van der Waals surface area contributed by atoms with Gasteiger partial charge in [-0.15, -0.1) is 0 Å². The Morgan fingerprint density at radius 3 is 2.50 bits per heavy atom. The molecule has 0 saturated heterocycles. The number of nitriles is 1. The summed E-state index contributed by atoms with van der Waals surface area (Å²) in [6, 6.07) is 2.33. The third-order valence-corrected chi connectivity index (χ3v) is 3.15. The number of pyridine rings is 1. The van der Waals surface area contributed by atoms with E-state index in [-0.39, 0.29) is 5.56 Å². The summed E-state index contributed by atoms with van der Waals surface area (Å²) in [4.78, 5) is 3.39. The van der Waals surface area contributed by atoms with E-state index in [1.165, 1.54) is 6.07 Å². The second-order valence-electron chi connectivity index (χ2n) is 2.88. The monoisotopic (exact) mass is 266 g/mol. The van der Waals surface area contributed by atoms with Gasteiger partial charge in [-0.05, 0) is 18.6 Å². The second-order valence-corrected chi connectivity index (χ2v) is 5.36. The number of alkyl halides is 2. The van der Waals surface area contributed by atoms with Crippen molar-refractivity contribution in [2.24, 2.45) is 0 Å². The third kappa shape index (κ3) is 2.46. The molecule has 0 fully saturated rings. The van der Waals surface area contributed by atoms with Gasteiger partial charge in [0.15, 0.2) is 5.03 Å². The summed E-state index contributed by atoms with van der Waals surface area (Å²) < 4.78 is 47.2. The minimum absolute atomic E-state index is 0.246. The Morgan fingerprint density at radius 2 is 2.12 bits per heavy atom. The number of rotatable bonds is 2. The first-order valence-electron chi connectivity index (χ1n) is 3.92. The molecule has 0 amide bonds. The average Bonchev–Trinajstić information content (AvgIpc) is 2.15. The van der Waals surface area contributed by atoms with Crippen molar-refractivity contribution < 1.29 is 17.2 Å². The van der Waals surface area contributed by atoms with Crippen molar-refractivity contribution in [3.63, 3.8) is 0 Å². The second kappa shape index (κ2) is 4.31. The first-order valence-corrected chi connectivity index (χ1v) is 6.22. The van der Waals surface area contributed by atoms with Crippen LogP contribution in [0.5, 0.6) is 0 Å². The quantitative estimate of drug-likeness (QED) is 0.769. The van der Waals surface area contributed by atoms with Gasteiger partial charge in [0.2, 0.25) is 0 Å². The Balaban J connectivity index is 3.65. The Morgan fingerprint density at radius 1 is 1.56 bits per heavy atom. The SMILES string of the molecule is Cc1c(C(F)F)cc(C#N)nc1S(=O)(=O)Cl. The van der Waals surface area contributed by atoms with Gasteiger partial charge in [-0.1, -0.05) is 0 Å². The van der Waals surface area contributed by atoms with Gasteiger partial charge in [0.1, 0.15) is 11.8 Å². The Kier molecular flexibility index (Phi) is 3.45. The summed E-state index contributed by atoms with van der Waals surface area (Å²) in [6.45, 7) is 1.16. The molecule has 0 atom stereocenters. The van der Waals surface area contributed by atoms with Gasteiger partial charge in [0.05, 0.1) is 0 Å². The van der Waals surface area contributed by atoms with Crippen molar-refractivity contribution >= 4 is 19.7 Å². The molecule has 4 nitrogen and oxygen atoms in total. The molecule has 0 aliphatic rings. The van der Waals surface area contributed by atoms with E-state index >= 15 is 0 Å². The first-order chi connectivity index (χ1) is 7.27. The zero-order chi connectivity index (χ0) is 12.5. The number of hydrogen-bond acceptors (Lipinski definition) is 4. The largest absolute Gasteiger partial charge is 0.278 e. The van der Waals surface area contributed by atoms with Crippen molar-refractivity contribution in [2.45, 2.75) is 18.4 Å².